The summed E-state index contributed by atoms with van der Waals surface area (Å²) in [6, 6.07) is 11.7. The van der Waals surface area contributed by atoms with Crippen molar-refractivity contribution in [3.8, 4) is 11.5 Å². The molecule has 0 amide bonds. The van der Waals surface area contributed by atoms with Crippen LogP contribution in [0, 0.1) is 6.92 Å². The number of hydrogen-bond acceptors (Lipinski definition) is 4. The van der Waals surface area contributed by atoms with Gasteiger partial charge in [-0.2, -0.15) is 0 Å². The molecule has 3 aromatic rings. The van der Waals surface area contributed by atoms with Gasteiger partial charge in [0.2, 0.25) is 0 Å². The monoisotopic (exact) mass is 336 g/mol. The highest BCUT2D eigenvalue weighted by atomic mass is 16.5. The number of hydrogen-bond donors (Lipinski definition) is 0. The molecule has 0 saturated heterocycles. The van der Waals surface area contributed by atoms with E-state index in [1.165, 1.54) is 0 Å². The number of benzene rings is 2. The third kappa shape index (κ3) is 2.88. The van der Waals surface area contributed by atoms with E-state index >= 15 is 0 Å². The zero-order valence-corrected chi connectivity index (χ0v) is 14.4. The first-order chi connectivity index (χ1) is 12.2. The highest BCUT2D eigenvalue weighted by Crippen LogP contribution is 2.35. The maximum absolute atomic E-state index is 12.2. The average Bonchev–Trinajstić information content (AvgIpc) is 3.10. The molecule has 128 valence electrons. The molecule has 0 fully saturated rings. The molecule has 0 radical (unpaired) electrons. The quantitative estimate of drug-likeness (QED) is 0.671. The van der Waals surface area contributed by atoms with E-state index in [0.29, 0.717) is 12.2 Å². The third-order valence-electron chi connectivity index (χ3n) is 4.73. The largest absolute Gasteiger partial charge is 0.497 e. The molecule has 1 aliphatic carbocycles. The Bertz CT molecular complexity index is 983. The third-order valence-corrected chi connectivity index (χ3v) is 4.73. The fourth-order valence-electron chi connectivity index (χ4n) is 3.50. The van der Waals surface area contributed by atoms with E-state index in [0.717, 1.165) is 58.4 Å². The van der Waals surface area contributed by atoms with E-state index in [4.69, 9.17) is 13.9 Å². The normalized spacial score (nSPS) is 13.0. The standard InChI is InChI=1S/C21H20O4/c1-13-10-18(24-12-14-6-8-15(23-2)9-7-14)20-16-4-3-5-17(16)21(22)25-19(20)11-13/h6-11H,3-5,12H2,1-2H3. The SMILES string of the molecule is COc1ccc(COc2cc(C)cc3oc(=O)c4c(c23)CCC4)cc1. The Balaban J connectivity index is 1.73. The average molecular weight is 336 g/mol. The first-order valence-electron chi connectivity index (χ1n) is 8.50. The van der Waals surface area contributed by atoms with Gasteiger partial charge in [0.1, 0.15) is 23.7 Å². The van der Waals surface area contributed by atoms with Crippen LogP contribution in [-0.4, -0.2) is 7.11 Å². The predicted molar refractivity (Wildman–Crippen MR) is 96.6 cm³/mol. The van der Waals surface area contributed by atoms with E-state index in [-0.39, 0.29) is 5.63 Å². The molecule has 25 heavy (non-hydrogen) atoms. The molecule has 1 aromatic heterocycles. The van der Waals surface area contributed by atoms with Crippen LogP contribution >= 0.6 is 0 Å². The number of fused-ring (bicyclic) bond motifs is 3. The summed E-state index contributed by atoms with van der Waals surface area (Å²) in [4.78, 5) is 12.2. The molecule has 1 aliphatic rings. The van der Waals surface area contributed by atoms with E-state index in [9.17, 15) is 4.79 Å². The Hall–Kier alpha value is -2.75. The summed E-state index contributed by atoms with van der Waals surface area (Å²) in [6.07, 6.45) is 2.68. The Kier molecular flexibility index (Phi) is 3.96. The molecular weight excluding hydrogens is 316 g/mol. The minimum atomic E-state index is -0.202. The van der Waals surface area contributed by atoms with E-state index in [2.05, 4.69) is 0 Å². The van der Waals surface area contributed by atoms with Crippen molar-refractivity contribution >= 4 is 11.0 Å². The van der Waals surface area contributed by atoms with Gasteiger partial charge in [0, 0.05) is 5.56 Å². The van der Waals surface area contributed by atoms with Crippen molar-refractivity contribution < 1.29 is 13.9 Å². The van der Waals surface area contributed by atoms with Gasteiger partial charge in [0.15, 0.2) is 0 Å². The second kappa shape index (κ2) is 6.28. The lowest BCUT2D eigenvalue weighted by atomic mass is 10.0. The van der Waals surface area contributed by atoms with Crippen LogP contribution in [0.5, 0.6) is 11.5 Å². The minimum Gasteiger partial charge on any atom is -0.497 e. The zero-order chi connectivity index (χ0) is 17.4. The van der Waals surface area contributed by atoms with Crippen molar-refractivity contribution in [2.75, 3.05) is 7.11 Å². The summed E-state index contributed by atoms with van der Waals surface area (Å²) < 4.78 is 16.9. The van der Waals surface area contributed by atoms with Crippen molar-refractivity contribution in [2.45, 2.75) is 32.8 Å². The van der Waals surface area contributed by atoms with Gasteiger partial charge in [-0.15, -0.1) is 0 Å². The summed E-state index contributed by atoms with van der Waals surface area (Å²) in [5.41, 5.74) is 4.39. The van der Waals surface area contributed by atoms with Crippen molar-refractivity contribution in [2.24, 2.45) is 0 Å². The molecule has 4 heteroatoms. The fraction of sp³-hybridized carbons (Fsp3) is 0.286. The lowest BCUT2D eigenvalue weighted by Gasteiger charge is -2.13. The molecule has 0 bridgehead atoms. The summed E-state index contributed by atoms with van der Waals surface area (Å²) in [5.74, 6) is 1.61. The highest BCUT2D eigenvalue weighted by molar-refractivity contribution is 5.88. The maximum Gasteiger partial charge on any atom is 0.339 e. The first-order valence-corrected chi connectivity index (χ1v) is 8.50. The van der Waals surface area contributed by atoms with Gasteiger partial charge >= 0.3 is 5.63 Å². The van der Waals surface area contributed by atoms with Crippen molar-refractivity contribution in [1.82, 2.24) is 0 Å². The summed E-state index contributed by atoms with van der Waals surface area (Å²) in [5, 5.41) is 0.950. The molecule has 0 unspecified atom stereocenters. The molecule has 2 aromatic carbocycles. The molecule has 0 spiro atoms. The second-order valence-corrected chi connectivity index (χ2v) is 6.47. The van der Waals surface area contributed by atoms with Crippen LogP contribution in [0.4, 0.5) is 0 Å². The smallest absolute Gasteiger partial charge is 0.339 e. The van der Waals surface area contributed by atoms with Crippen LogP contribution in [0.15, 0.2) is 45.6 Å². The Morgan fingerprint density at radius 3 is 2.60 bits per heavy atom. The second-order valence-electron chi connectivity index (χ2n) is 6.47. The Labute approximate surface area is 146 Å². The van der Waals surface area contributed by atoms with Crippen LogP contribution in [-0.2, 0) is 19.4 Å². The van der Waals surface area contributed by atoms with Crippen LogP contribution in [0.1, 0.15) is 28.7 Å². The molecule has 0 N–H and O–H groups in total. The molecule has 1 heterocycles. The lowest BCUT2D eigenvalue weighted by Crippen LogP contribution is -2.08. The number of aryl methyl sites for hydroxylation is 2. The minimum absolute atomic E-state index is 0.202. The van der Waals surface area contributed by atoms with E-state index < -0.39 is 0 Å². The van der Waals surface area contributed by atoms with Gasteiger partial charge in [-0.25, -0.2) is 4.79 Å². The highest BCUT2D eigenvalue weighted by Gasteiger charge is 2.22. The Morgan fingerprint density at radius 1 is 1.08 bits per heavy atom. The predicted octanol–water partition coefficient (Wildman–Crippen LogP) is 4.18. The van der Waals surface area contributed by atoms with Crippen molar-refractivity contribution in [1.29, 1.82) is 0 Å². The number of rotatable bonds is 4. The number of methoxy groups -OCH3 is 1. The van der Waals surface area contributed by atoms with Gasteiger partial charge in [-0.1, -0.05) is 12.1 Å². The molecule has 0 aliphatic heterocycles. The number of ether oxygens (including phenoxy) is 2. The van der Waals surface area contributed by atoms with Gasteiger partial charge in [0.05, 0.1) is 12.5 Å². The van der Waals surface area contributed by atoms with Gasteiger partial charge in [0.25, 0.3) is 0 Å². The summed E-state index contributed by atoms with van der Waals surface area (Å²) >= 11 is 0. The first kappa shape index (κ1) is 15.8. The van der Waals surface area contributed by atoms with Crippen molar-refractivity contribution in [3.05, 3.63) is 69.1 Å². The van der Waals surface area contributed by atoms with E-state index in [1.54, 1.807) is 7.11 Å². The molecule has 4 nitrogen and oxygen atoms in total. The molecule has 4 rings (SSSR count). The molecule has 0 atom stereocenters. The fourth-order valence-corrected chi connectivity index (χ4v) is 3.50. The van der Waals surface area contributed by atoms with Crippen LogP contribution < -0.4 is 15.1 Å². The van der Waals surface area contributed by atoms with Crippen LogP contribution in [0.2, 0.25) is 0 Å². The summed E-state index contributed by atoms with van der Waals surface area (Å²) in [6.45, 7) is 2.43. The van der Waals surface area contributed by atoms with Crippen molar-refractivity contribution in [3.63, 3.8) is 0 Å². The molecular formula is C21H20O4. The van der Waals surface area contributed by atoms with Crippen LogP contribution in [0.25, 0.3) is 11.0 Å². The maximum atomic E-state index is 12.2. The topological polar surface area (TPSA) is 48.7 Å². The molecule has 0 saturated carbocycles. The van der Waals surface area contributed by atoms with Crippen LogP contribution in [0.3, 0.4) is 0 Å². The van der Waals surface area contributed by atoms with Gasteiger partial charge in [-0.3, -0.25) is 0 Å². The summed E-state index contributed by atoms with van der Waals surface area (Å²) in [7, 11) is 1.65. The van der Waals surface area contributed by atoms with E-state index in [1.807, 2.05) is 43.3 Å². The van der Waals surface area contributed by atoms with Gasteiger partial charge in [-0.05, 0) is 67.1 Å². The zero-order valence-electron chi connectivity index (χ0n) is 14.4. The Morgan fingerprint density at radius 2 is 1.84 bits per heavy atom. The van der Waals surface area contributed by atoms with Gasteiger partial charge < -0.3 is 13.9 Å². The lowest BCUT2D eigenvalue weighted by molar-refractivity contribution is 0.309.